The highest BCUT2D eigenvalue weighted by Gasteiger charge is 2.08. The molecule has 3 rings (SSSR count). The molecular formula is C13H8N2O3. The van der Waals surface area contributed by atoms with E-state index in [1.807, 2.05) is 0 Å². The molecule has 0 saturated carbocycles. The first-order valence-corrected chi connectivity index (χ1v) is 5.30. The van der Waals surface area contributed by atoms with Crippen LogP contribution in [0.1, 0.15) is 10.4 Å². The molecule has 0 bridgehead atoms. The summed E-state index contributed by atoms with van der Waals surface area (Å²) in [5, 5.41) is 11.0. The number of hydrogen-bond acceptors (Lipinski definition) is 3. The number of carboxylic acid groups (broad SMARTS) is 1. The van der Waals surface area contributed by atoms with Crippen molar-refractivity contribution in [1.82, 2.24) is 9.97 Å². The molecule has 2 heterocycles. The number of aromatic nitrogens is 2. The Hall–Kier alpha value is -2.69. The molecule has 2 N–H and O–H groups in total. The molecule has 0 atom stereocenters. The first-order chi connectivity index (χ1) is 8.66. The Labute approximate surface area is 101 Å². The average Bonchev–Trinajstić information content (AvgIpc) is 2.38. The van der Waals surface area contributed by atoms with Crippen LogP contribution in [0.2, 0.25) is 0 Å². The van der Waals surface area contributed by atoms with E-state index in [0.29, 0.717) is 10.9 Å². The molecule has 0 saturated heterocycles. The van der Waals surface area contributed by atoms with Gasteiger partial charge in [-0.25, -0.2) is 4.79 Å². The number of carboxylic acids is 1. The number of benzene rings is 1. The highest BCUT2D eigenvalue weighted by molar-refractivity contribution is 6.06. The molecule has 0 unspecified atom stereocenters. The molecule has 0 spiro atoms. The maximum Gasteiger partial charge on any atom is 0.335 e. The van der Waals surface area contributed by atoms with E-state index in [9.17, 15) is 9.59 Å². The van der Waals surface area contributed by atoms with Gasteiger partial charge in [0.1, 0.15) is 0 Å². The van der Waals surface area contributed by atoms with Crippen molar-refractivity contribution in [3.8, 4) is 0 Å². The number of H-pyrrole nitrogens is 1. The minimum atomic E-state index is -1.02. The van der Waals surface area contributed by atoms with Crippen LogP contribution in [0.15, 0.2) is 41.5 Å². The molecule has 5 nitrogen and oxygen atoms in total. The standard InChI is InChI=1S/C13H8N2O3/c16-12-10-6-14-4-3-8(10)9-2-1-7(13(17)18)5-11(9)15-12/h1-6H,(H,15,16)(H,17,18). The first kappa shape index (κ1) is 10.5. The Morgan fingerprint density at radius 3 is 2.78 bits per heavy atom. The van der Waals surface area contributed by atoms with E-state index in [1.165, 1.54) is 18.3 Å². The van der Waals surface area contributed by atoms with Gasteiger partial charge in [0.15, 0.2) is 0 Å². The Bertz CT molecular complexity index is 836. The molecule has 0 radical (unpaired) electrons. The summed E-state index contributed by atoms with van der Waals surface area (Å²) in [4.78, 5) is 29.3. The van der Waals surface area contributed by atoms with Crippen LogP contribution in [0.4, 0.5) is 0 Å². The van der Waals surface area contributed by atoms with Crippen molar-refractivity contribution in [2.24, 2.45) is 0 Å². The Morgan fingerprint density at radius 1 is 1.17 bits per heavy atom. The molecule has 1 aromatic carbocycles. The number of aromatic carboxylic acids is 1. The van der Waals surface area contributed by atoms with Crippen LogP contribution in [0, 0.1) is 0 Å². The van der Waals surface area contributed by atoms with E-state index in [-0.39, 0.29) is 11.1 Å². The predicted molar refractivity (Wildman–Crippen MR) is 66.8 cm³/mol. The SMILES string of the molecule is O=C(O)c1ccc2c(c1)[nH]c(=O)c1cnccc12. The summed E-state index contributed by atoms with van der Waals surface area (Å²) in [6.45, 7) is 0. The highest BCUT2D eigenvalue weighted by Crippen LogP contribution is 2.21. The fourth-order valence-corrected chi connectivity index (χ4v) is 2.02. The lowest BCUT2D eigenvalue weighted by atomic mass is 10.1. The van der Waals surface area contributed by atoms with Crippen LogP contribution in [0.3, 0.4) is 0 Å². The van der Waals surface area contributed by atoms with E-state index in [2.05, 4.69) is 9.97 Å². The molecule has 0 aliphatic carbocycles. The highest BCUT2D eigenvalue weighted by atomic mass is 16.4. The van der Waals surface area contributed by atoms with Crippen molar-refractivity contribution >= 4 is 27.6 Å². The van der Waals surface area contributed by atoms with Crippen molar-refractivity contribution in [2.75, 3.05) is 0 Å². The van der Waals surface area contributed by atoms with Crippen molar-refractivity contribution in [1.29, 1.82) is 0 Å². The number of aromatic amines is 1. The summed E-state index contributed by atoms with van der Waals surface area (Å²) in [6.07, 6.45) is 3.10. The topological polar surface area (TPSA) is 83.0 Å². The van der Waals surface area contributed by atoms with Gasteiger partial charge in [-0.2, -0.15) is 0 Å². The predicted octanol–water partition coefficient (Wildman–Crippen LogP) is 1.77. The zero-order valence-electron chi connectivity index (χ0n) is 9.18. The zero-order valence-corrected chi connectivity index (χ0v) is 9.18. The monoisotopic (exact) mass is 240 g/mol. The third kappa shape index (κ3) is 1.45. The molecular weight excluding hydrogens is 232 g/mol. The maximum atomic E-state index is 11.8. The van der Waals surface area contributed by atoms with Gasteiger partial charge in [-0.15, -0.1) is 0 Å². The summed E-state index contributed by atoms with van der Waals surface area (Å²) in [5.74, 6) is -1.02. The summed E-state index contributed by atoms with van der Waals surface area (Å²) >= 11 is 0. The van der Waals surface area contributed by atoms with E-state index < -0.39 is 5.97 Å². The molecule has 0 aliphatic heterocycles. The van der Waals surface area contributed by atoms with Crippen LogP contribution in [0.5, 0.6) is 0 Å². The van der Waals surface area contributed by atoms with E-state index in [4.69, 9.17) is 5.11 Å². The fourth-order valence-electron chi connectivity index (χ4n) is 2.02. The van der Waals surface area contributed by atoms with Gasteiger partial charge in [0.25, 0.3) is 5.56 Å². The lowest BCUT2D eigenvalue weighted by Gasteiger charge is -2.03. The molecule has 5 heteroatoms. The molecule has 18 heavy (non-hydrogen) atoms. The Kier molecular flexibility index (Phi) is 2.13. The van der Waals surface area contributed by atoms with Gasteiger partial charge in [-0.05, 0) is 23.6 Å². The second-order valence-electron chi connectivity index (χ2n) is 3.94. The van der Waals surface area contributed by atoms with Crippen LogP contribution in [-0.4, -0.2) is 21.0 Å². The van der Waals surface area contributed by atoms with Crippen LogP contribution in [0.25, 0.3) is 21.7 Å². The lowest BCUT2D eigenvalue weighted by molar-refractivity contribution is 0.0697. The molecule has 88 valence electrons. The van der Waals surface area contributed by atoms with Gasteiger partial charge in [0.2, 0.25) is 0 Å². The molecule has 0 amide bonds. The largest absolute Gasteiger partial charge is 0.478 e. The molecule has 3 aromatic rings. The molecule has 2 aromatic heterocycles. The summed E-state index contributed by atoms with van der Waals surface area (Å²) in [7, 11) is 0. The first-order valence-electron chi connectivity index (χ1n) is 5.30. The van der Waals surface area contributed by atoms with Crippen LogP contribution in [-0.2, 0) is 0 Å². The van der Waals surface area contributed by atoms with Gasteiger partial charge in [-0.3, -0.25) is 9.78 Å². The van der Waals surface area contributed by atoms with Crippen LogP contribution < -0.4 is 5.56 Å². The van der Waals surface area contributed by atoms with Gasteiger partial charge in [-0.1, -0.05) is 6.07 Å². The number of hydrogen-bond donors (Lipinski definition) is 2. The normalized spacial score (nSPS) is 10.9. The number of nitrogens with one attached hydrogen (secondary N) is 1. The van der Waals surface area contributed by atoms with Gasteiger partial charge < -0.3 is 10.1 Å². The molecule has 0 aliphatic rings. The van der Waals surface area contributed by atoms with E-state index >= 15 is 0 Å². The minimum absolute atomic E-state index is 0.145. The second-order valence-corrected chi connectivity index (χ2v) is 3.94. The van der Waals surface area contributed by atoms with Gasteiger partial charge in [0, 0.05) is 23.3 Å². The van der Waals surface area contributed by atoms with Crippen molar-refractivity contribution in [3.05, 3.63) is 52.6 Å². The second kappa shape index (κ2) is 3.66. The minimum Gasteiger partial charge on any atom is -0.478 e. The van der Waals surface area contributed by atoms with Crippen molar-refractivity contribution < 1.29 is 9.90 Å². The Morgan fingerprint density at radius 2 is 2.00 bits per heavy atom. The zero-order chi connectivity index (χ0) is 12.7. The molecule has 0 fully saturated rings. The number of pyridine rings is 2. The van der Waals surface area contributed by atoms with Crippen molar-refractivity contribution in [3.63, 3.8) is 0 Å². The van der Waals surface area contributed by atoms with Crippen LogP contribution >= 0.6 is 0 Å². The number of carbonyl (C=O) groups is 1. The third-order valence-corrected chi connectivity index (χ3v) is 2.87. The van der Waals surface area contributed by atoms with E-state index in [1.54, 1.807) is 18.3 Å². The number of nitrogens with zero attached hydrogens (tertiary/aromatic N) is 1. The smallest absolute Gasteiger partial charge is 0.335 e. The average molecular weight is 240 g/mol. The van der Waals surface area contributed by atoms with Gasteiger partial charge in [0.05, 0.1) is 10.9 Å². The summed E-state index contributed by atoms with van der Waals surface area (Å²) < 4.78 is 0. The van der Waals surface area contributed by atoms with E-state index in [0.717, 1.165) is 10.8 Å². The number of fused-ring (bicyclic) bond motifs is 3. The van der Waals surface area contributed by atoms with Gasteiger partial charge >= 0.3 is 5.97 Å². The third-order valence-electron chi connectivity index (χ3n) is 2.87. The lowest BCUT2D eigenvalue weighted by Crippen LogP contribution is -2.07. The summed E-state index contributed by atoms with van der Waals surface area (Å²) in [5.41, 5.74) is 0.387. The number of rotatable bonds is 1. The Balaban J connectivity index is 2.50. The summed E-state index contributed by atoms with van der Waals surface area (Å²) in [6, 6.07) is 6.41. The maximum absolute atomic E-state index is 11.8. The van der Waals surface area contributed by atoms with Crippen molar-refractivity contribution in [2.45, 2.75) is 0 Å². The quantitative estimate of drug-likeness (QED) is 0.635. The fraction of sp³-hybridized carbons (Fsp3) is 0.